The summed E-state index contributed by atoms with van der Waals surface area (Å²) in [6.07, 6.45) is 4.30. The second-order valence-corrected chi connectivity index (χ2v) is 6.65. The minimum absolute atomic E-state index is 0.332. The summed E-state index contributed by atoms with van der Waals surface area (Å²) in [5.41, 5.74) is -0.332. The lowest BCUT2D eigenvalue weighted by molar-refractivity contribution is -0.0847. The molecule has 2 rings (SSSR count). The highest BCUT2D eigenvalue weighted by molar-refractivity contribution is 5.04. The molecule has 5 heteroatoms. The van der Waals surface area contributed by atoms with Gasteiger partial charge in [-0.25, -0.2) is 0 Å². The molecule has 1 aromatic heterocycles. The quantitative estimate of drug-likeness (QED) is 0.836. The van der Waals surface area contributed by atoms with E-state index in [1.54, 1.807) is 0 Å². The van der Waals surface area contributed by atoms with Gasteiger partial charge in [0.1, 0.15) is 5.60 Å². The van der Waals surface area contributed by atoms with Gasteiger partial charge in [0.15, 0.2) is 0 Å². The maximum absolute atomic E-state index is 6.06. The van der Waals surface area contributed by atoms with Crippen LogP contribution in [0.2, 0.25) is 0 Å². The predicted octanol–water partition coefficient (Wildman–Crippen LogP) is 3.26. The molecule has 1 aliphatic carbocycles. The van der Waals surface area contributed by atoms with Crippen molar-refractivity contribution < 1.29 is 9.26 Å². The van der Waals surface area contributed by atoms with Crippen molar-refractivity contribution in [3.8, 4) is 0 Å². The average molecular weight is 295 g/mol. The Morgan fingerprint density at radius 2 is 2.10 bits per heavy atom. The van der Waals surface area contributed by atoms with Crippen molar-refractivity contribution in [3.63, 3.8) is 0 Å². The summed E-state index contributed by atoms with van der Waals surface area (Å²) in [6, 6.07) is 0. The second-order valence-electron chi connectivity index (χ2n) is 6.65. The van der Waals surface area contributed by atoms with Gasteiger partial charge >= 0.3 is 0 Å². The van der Waals surface area contributed by atoms with Gasteiger partial charge in [0.25, 0.3) is 0 Å². The number of hydrogen-bond donors (Lipinski definition) is 1. The van der Waals surface area contributed by atoms with Crippen LogP contribution in [0, 0.1) is 11.8 Å². The smallest absolute Gasteiger partial charge is 0.240 e. The highest BCUT2D eigenvalue weighted by atomic mass is 16.5. The summed E-state index contributed by atoms with van der Waals surface area (Å²) in [6.45, 7) is 11.0. The molecular weight excluding hydrogens is 266 g/mol. The van der Waals surface area contributed by atoms with Crippen LogP contribution in [0.4, 0.5) is 0 Å². The van der Waals surface area contributed by atoms with Crippen LogP contribution < -0.4 is 5.32 Å². The van der Waals surface area contributed by atoms with Crippen LogP contribution in [-0.4, -0.2) is 23.3 Å². The number of ether oxygens (including phenoxy) is 1. The van der Waals surface area contributed by atoms with Crippen LogP contribution >= 0.6 is 0 Å². The Kier molecular flexibility index (Phi) is 5.76. The van der Waals surface area contributed by atoms with Crippen molar-refractivity contribution in [3.05, 3.63) is 11.7 Å². The zero-order valence-corrected chi connectivity index (χ0v) is 13.8. The molecule has 5 nitrogen and oxygen atoms in total. The first-order chi connectivity index (χ1) is 10.1. The third-order valence-corrected chi connectivity index (χ3v) is 4.21. The Morgan fingerprint density at radius 3 is 2.71 bits per heavy atom. The maximum Gasteiger partial charge on any atom is 0.240 e. The number of nitrogens with zero attached hydrogens (tertiary/aromatic N) is 2. The minimum Gasteiger partial charge on any atom is -0.367 e. The number of nitrogens with one attached hydrogen (secondary N) is 1. The fourth-order valence-electron chi connectivity index (χ4n) is 2.92. The van der Waals surface area contributed by atoms with Gasteiger partial charge in [-0.3, -0.25) is 0 Å². The molecule has 1 aromatic rings. The number of hydrogen-bond acceptors (Lipinski definition) is 5. The molecule has 0 atom stereocenters. The van der Waals surface area contributed by atoms with Gasteiger partial charge in [0, 0.05) is 6.61 Å². The van der Waals surface area contributed by atoms with Crippen molar-refractivity contribution >= 4 is 0 Å². The molecule has 1 heterocycles. The van der Waals surface area contributed by atoms with E-state index in [-0.39, 0.29) is 5.60 Å². The normalized spacial score (nSPS) is 26.4. The SMILES string of the molecule is CCOC1(c2noc(CNCC(C)C)n2)CCC(C)CC1. The summed E-state index contributed by atoms with van der Waals surface area (Å²) in [7, 11) is 0. The van der Waals surface area contributed by atoms with Gasteiger partial charge in [-0.2, -0.15) is 4.98 Å². The highest BCUT2D eigenvalue weighted by Crippen LogP contribution is 2.41. The summed E-state index contributed by atoms with van der Waals surface area (Å²) < 4.78 is 11.4. The van der Waals surface area contributed by atoms with Gasteiger partial charge in [0.05, 0.1) is 6.54 Å². The molecule has 21 heavy (non-hydrogen) atoms. The van der Waals surface area contributed by atoms with Crippen molar-refractivity contribution in [2.24, 2.45) is 11.8 Å². The fraction of sp³-hybridized carbons (Fsp3) is 0.875. The lowest BCUT2D eigenvalue weighted by Crippen LogP contribution is -2.35. The van der Waals surface area contributed by atoms with E-state index in [9.17, 15) is 0 Å². The molecule has 0 spiro atoms. The molecule has 0 aromatic carbocycles. The monoisotopic (exact) mass is 295 g/mol. The summed E-state index contributed by atoms with van der Waals surface area (Å²) >= 11 is 0. The molecule has 0 radical (unpaired) electrons. The first-order valence-electron chi connectivity index (χ1n) is 8.23. The Morgan fingerprint density at radius 1 is 1.38 bits per heavy atom. The predicted molar refractivity (Wildman–Crippen MR) is 81.8 cm³/mol. The average Bonchev–Trinajstić information content (AvgIpc) is 2.91. The van der Waals surface area contributed by atoms with E-state index in [2.05, 4.69) is 36.2 Å². The van der Waals surface area contributed by atoms with Crippen molar-refractivity contribution in [2.45, 2.75) is 65.5 Å². The van der Waals surface area contributed by atoms with Crippen molar-refractivity contribution in [2.75, 3.05) is 13.2 Å². The van der Waals surface area contributed by atoms with E-state index in [0.29, 0.717) is 25.0 Å². The highest BCUT2D eigenvalue weighted by Gasteiger charge is 2.40. The van der Waals surface area contributed by atoms with Gasteiger partial charge in [0.2, 0.25) is 11.7 Å². The molecule has 120 valence electrons. The fourth-order valence-corrected chi connectivity index (χ4v) is 2.92. The molecule has 1 N–H and O–H groups in total. The van der Waals surface area contributed by atoms with E-state index in [0.717, 1.165) is 44.0 Å². The summed E-state index contributed by atoms with van der Waals surface area (Å²) in [5.74, 6) is 2.76. The van der Waals surface area contributed by atoms with Crippen molar-refractivity contribution in [1.82, 2.24) is 15.5 Å². The first-order valence-corrected chi connectivity index (χ1v) is 8.23. The Hall–Kier alpha value is -0.940. The number of rotatable bonds is 7. The molecule has 1 fully saturated rings. The Balaban J connectivity index is 2.02. The summed E-state index contributed by atoms with van der Waals surface area (Å²) in [4.78, 5) is 4.58. The minimum atomic E-state index is -0.332. The van der Waals surface area contributed by atoms with Crippen molar-refractivity contribution in [1.29, 1.82) is 0 Å². The number of aromatic nitrogens is 2. The van der Waals surface area contributed by atoms with Gasteiger partial charge in [-0.15, -0.1) is 0 Å². The molecule has 1 saturated carbocycles. The molecule has 0 unspecified atom stereocenters. The van der Waals surface area contributed by atoms with Crippen LogP contribution in [0.25, 0.3) is 0 Å². The summed E-state index contributed by atoms with van der Waals surface area (Å²) in [5, 5.41) is 7.53. The molecular formula is C16H29N3O2. The van der Waals surface area contributed by atoms with E-state index in [1.165, 1.54) is 0 Å². The lowest BCUT2D eigenvalue weighted by Gasteiger charge is -2.36. The molecule has 0 aliphatic heterocycles. The third kappa shape index (κ3) is 4.27. The third-order valence-electron chi connectivity index (χ3n) is 4.21. The zero-order valence-electron chi connectivity index (χ0n) is 13.8. The van der Waals surface area contributed by atoms with E-state index >= 15 is 0 Å². The first kappa shape index (κ1) is 16.4. The van der Waals surface area contributed by atoms with Crippen LogP contribution in [0.3, 0.4) is 0 Å². The zero-order chi connectivity index (χ0) is 15.3. The van der Waals surface area contributed by atoms with Gasteiger partial charge in [-0.05, 0) is 51.0 Å². The van der Waals surface area contributed by atoms with Crippen LogP contribution in [0.1, 0.15) is 65.1 Å². The largest absolute Gasteiger partial charge is 0.367 e. The topological polar surface area (TPSA) is 60.2 Å². The van der Waals surface area contributed by atoms with Crippen LogP contribution in [-0.2, 0) is 16.9 Å². The van der Waals surface area contributed by atoms with Crippen LogP contribution in [0.5, 0.6) is 0 Å². The second kappa shape index (κ2) is 7.36. The molecule has 0 saturated heterocycles. The van der Waals surface area contributed by atoms with Gasteiger partial charge in [-0.1, -0.05) is 25.9 Å². The Bertz CT molecular complexity index is 423. The maximum atomic E-state index is 6.06. The van der Waals surface area contributed by atoms with Gasteiger partial charge < -0.3 is 14.6 Å². The molecule has 1 aliphatic rings. The molecule has 0 bridgehead atoms. The lowest BCUT2D eigenvalue weighted by atomic mass is 9.79. The van der Waals surface area contributed by atoms with E-state index < -0.39 is 0 Å². The van der Waals surface area contributed by atoms with E-state index in [1.807, 2.05) is 6.92 Å². The molecule has 0 amide bonds. The van der Waals surface area contributed by atoms with Crippen LogP contribution in [0.15, 0.2) is 4.52 Å². The standard InChI is InChI=1S/C16H29N3O2/c1-5-20-16(8-6-13(4)7-9-16)15-18-14(21-19-15)11-17-10-12(2)3/h12-13,17H,5-11H2,1-4H3. The van der Waals surface area contributed by atoms with E-state index in [4.69, 9.17) is 9.26 Å². The Labute approximate surface area is 127 Å².